The second-order valence-electron chi connectivity index (χ2n) is 5.35. The summed E-state index contributed by atoms with van der Waals surface area (Å²) >= 11 is 0. The summed E-state index contributed by atoms with van der Waals surface area (Å²) in [6.45, 7) is 9.29. The highest BCUT2D eigenvalue weighted by atomic mass is 14.7. The molecule has 0 heterocycles. The maximum absolute atomic E-state index is 6.32. The van der Waals surface area contributed by atoms with Crippen LogP contribution in [-0.4, -0.2) is 6.54 Å². The molecule has 4 N–H and O–H groups in total. The second-order valence-corrected chi connectivity index (χ2v) is 5.35. The summed E-state index contributed by atoms with van der Waals surface area (Å²) in [4.78, 5) is 0. The first-order valence-electron chi connectivity index (χ1n) is 5.91. The Bertz CT molecular complexity index is 356. The van der Waals surface area contributed by atoms with Crippen molar-refractivity contribution in [3.63, 3.8) is 0 Å². The number of hydrogen-bond donors (Lipinski definition) is 2. The molecule has 1 atom stereocenters. The van der Waals surface area contributed by atoms with E-state index in [4.69, 9.17) is 11.5 Å². The van der Waals surface area contributed by atoms with Gasteiger partial charge >= 0.3 is 0 Å². The molecule has 0 aromatic heterocycles. The van der Waals surface area contributed by atoms with Crippen LogP contribution < -0.4 is 11.5 Å². The molecule has 0 aliphatic carbocycles. The van der Waals surface area contributed by atoms with E-state index in [1.54, 1.807) is 0 Å². The van der Waals surface area contributed by atoms with E-state index < -0.39 is 0 Å². The molecule has 1 rings (SSSR count). The summed E-state index contributed by atoms with van der Waals surface area (Å²) < 4.78 is 0. The van der Waals surface area contributed by atoms with Crippen LogP contribution >= 0.6 is 0 Å². The summed E-state index contributed by atoms with van der Waals surface area (Å²) in [5.41, 5.74) is 15.8. The quantitative estimate of drug-likeness (QED) is 0.819. The van der Waals surface area contributed by atoms with Gasteiger partial charge in [-0.3, -0.25) is 0 Å². The summed E-state index contributed by atoms with van der Waals surface area (Å²) in [6.07, 6.45) is 0.946. The van der Waals surface area contributed by atoms with Crippen LogP contribution in [0.3, 0.4) is 0 Å². The van der Waals surface area contributed by atoms with Crippen LogP contribution in [0, 0.1) is 19.3 Å². The zero-order chi connectivity index (χ0) is 12.3. The molecule has 1 aromatic rings. The Labute approximate surface area is 99.0 Å². The van der Waals surface area contributed by atoms with Crippen molar-refractivity contribution in [1.82, 2.24) is 0 Å². The average Bonchev–Trinajstić information content (AvgIpc) is 2.21. The molecule has 1 unspecified atom stereocenters. The van der Waals surface area contributed by atoms with Gasteiger partial charge in [0.25, 0.3) is 0 Å². The van der Waals surface area contributed by atoms with E-state index in [1.807, 2.05) is 0 Å². The van der Waals surface area contributed by atoms with E-state index in [2.05, 4.69) is 45.9 Å². The lowest BCUT2D eigenvalue weighted by atomic mass is 9.78. The lowest BCUT2D eigenvalue weighted by molar-refractivity contribution is 0.271. The molecule has 0 aliphatic rings. The molecular formula is C14H24N2. The predicted octanol–water partition coefficient (Wildman–Crippen LogP) is 2.68. The third-order valence-corrected chi connectivity index (χ3v) is 3.52. The van der Waals surface area contributed by atoms with E-state index >= 15 is 0 Å². The molecular weight excluding hydrogens is 196 g/mol. The van der Waals surface area contributed by atoms with E-state index in [0.717, 1.165) is 6.42 Å². The number of rotatable bonds is 4. The van der Waals surface area contributed by atoms with Gasteiger partial charge in [0.1, 0.15) is 0 Å². The van der Waals surface area contributed by atoms with Crippen molar-refractivity contribution in [2.24, 2.45) is 16.9 Å². The molecule has 0 aliphatic heterocycles. The van der Waals surface area contributed by atoms with Crippen molar-refractivity contribution < 1.29 is 0 Å². The predicted molar refractivity (Wildman–Crippen MR) is 70.3 cm³/mol. The smallest absolute Gasteiger partial charge is 0.0347 e. The van der Waals surface area contributed by atoms with Gasteiger partial charge in [-0.25, -0.2) is 0 Å². The average molecular weight is 220 g/mol. The Hall–Kier alpha value is -0.860. The fraction of sp³-hybridized carbons (Fsp3) is 0.571. The molecule has 2 nitrogen and oxygen atoms in total. The standard InChI is InChI=1S/C14H24N2/c1-10-5-6-12(9-11(10)2)13(16)14(3,4)7-8-15/h5-6,9,13H,7-8,15-16H2,1-4H3. The second kappa shape index (κ2) is 4.98. The van der Waals surface area contributed by atoms with E-state index in [9.17, 15) is 0 Å². The van der Waals surface area contributed by atoms with Gasteiger partial charge in [0.05, 0.1) is 0 Å². The number of aryl methyl sites for hydroxylation is 2. The Balaban J connectivity index is 2.95. The van der Waals surface area contributed by atoms with Crippen LogP contribution in [-0.2, 0) is 0 Å². The van der Waals surface area contributed by atoms with E-state index in [1.165, 1.54) is 16.7 Å². The van der Waals surface area contributed by atoms with Gasteiger partial charge in [-0.2, -0.15) is 0 Å². The highest BCUT2D eigenvalue weighted by molar-refractivity contribution is 5.32. The SMILES string of the molecule is Cc1ccc(C(N)C(C)(C)CCN)cc1C. The fourth-order valence-electron chi connectivity index (χ4n) is 1.94. The maximum atomic E-state index is 6.32. The van der Waals surface area contributed by atoms with Crippen molar-refractivity contribution in [3.05, 3.63) is 34.9 Å². The highest BCUT2D eigenvalue weighted by Crippen LogP contribution is 2.34. The lowest BCUT2D eigenvalue weighted by Gasteiger charge is -2.32. The minimum atomic E-state index is 0.0512. The molecule has 0 saturated heterocycles. The summed E-state index contributed by atoms with van der Waals surface area (Å²) in [7, 11) is 0. The van der Waals surface area contributed by atoms with Gasteiger partial charge in [0, 0.05) is 6.04 Å². The molecule has 0 fully saturated rings. The Morgan fingerprint density at radius 3 is 2.31 bits per heavy atom. The van der Waals surface area contributed by atoms with Crippen molar-refractivity contribution in [2.45, 2.75) is 40.2 Å². The van der Waals surface area contributed by atoms with Gasteiger partial charge in [0.15, 0.2) is 0 Å². The number of nitrogens with two attached hydrogens (primary N) is 2. The van der Waals surface area contributed by atoms with Crippen LogP contribution in [0.5, 0.6) is 0 Å². The zero-order valence-corrected chi connectivity index (χ0v) is 10.9. The van der Waals surface area contributed by atoms with Gasteiger partial charge in [-0.1, -0.05) is 32.0 Å². The maximum Gasteiger partial charge on any atom is 0.0347 e. The molecule has 1 aromatic carbocycles. The molecule has 0 bridgehead atoms. The minimum Gasteiger partial charge on any atom is -0.330 e. The first-order valence-corrected chi connectivity index (χ1v) is 5.91. The third kappa shape index (κ3) is 2.83. The molecule has 16 heavy (non-hydrogen) atoms. The van der Waals surface area contributed by atoms with E-state index in [0.29, 0.717) is 6.54 Å². The number of hydrogen-bond acceptors (Lipinski definition) is 2. The van der Waals surface area contributed by atoms with Crippen molar-refractivity contribution in [3.8, 4) is 0 Å². The molecule has 2 heteroatoms. The molecule has 90 valence electrons. The first-order chi connectivity index (χ1) is 7.38. The van der Waals surface area contributed by atoms with Gasteiger partial charge in [0.2, 0.25) is 0 Å². The minimum absolute atomic E-state index is 0.0512. The Morgan fingerprint density at radius 2 is 1.81 bits per heavy atom. The summed E-state index contributed by atoms with van der Waals surface area (Å²) in [5, 5.41) is 0. The normalized spacial score (nSPS) is 13.9. The molecule has 0 amide bonds. The van der Waals surface area contributed by atoms with Gasteiger partial charge in [-0.05, 0) is 48.9 Å². The van der Waals surface area contributed by atoms with Crippen molar-refractivity contribution >= 4 is 0 Å². The van der Waals surface area contributed by atoms with Crippen LogP contribution in [0.4, 0.5) is 0 Å². The summed E-state index contributed by atoms with van der Waals surface area (Å²) in [5.74, 6) is 0. The number of benzene rings is 1. The van der Waals surface area contributed by atoms with Crippen LogP contribution in [0.1, 0.15) is 43.0 Å². The monoisotopic (exact) mass is 220 g/mol. The lowest BCUT2D eigenvalue weighted by Crippen LogP contribution is -2.31. The Kier molecular flexibility index (Phi) is 4.11. The molecule has 0 spiro atoms. The summed E-state index contributed by atoms with van der Waals surface area (Å²) in [6, 6.07) is 6.52. The molecule has 0 saturated carbocycles. The highest BCUT2D eigenvalue weighted by Gasteiger charge is 2.26. The van der Waals surface area contributed by atoms with Crippen molar-refractivity contribution in [2.75, 3.05) is 6.54 Å². The van der Waals surface area contributed by atoms with Crippen LogP contribution in [0.25, 0.3) is 0 Å². The third-order valence-electron chi connectivity index (χ3n) is 3.52. The fourth-order valence-corrected chi connectivity index (χ4v) is 1.94. The topological polar surface area (TPSA) is 52.0 Å². The van der Waals surface area contributed by atoms with Crippen LogP contribution in [0.2, 0.25) is 0 Å². The molecule has 0 radical (unpaired) electrons. The van der Waals surface area contributed by atoms with E-state index in [-0.39, 0.29) is 11.5 Å². The Morgan fingerprint density at radius 1 is 1.19 bits per heavy atom. The first kappa shape index (κ1) is 13.2. The van der Waals surface area contributed by atoms with Crippen molar-refractivity contribution in [1.29, 1.82) is 0 Å². The van der Waals surface area contributed by atoms with Gasteiger partial charge < -0.3 is 11.5 Å². The van der Waals surface area contributed by atoms with Gasteiger partial charge in [-0.15, -0.1) is 0 Å². The largest absolute Gasteiger partial charge is 0.330 e. The van der Waals surface area contributed by atoms with Crippen LogP contribution in [0.15, 0.2) is 18.2 Å². The zero-order valence-electron chi connectivity index (χ0n) is 10.9.